The molecule has 0 saturated carbocycles. The van der Waals surface area contributed by atoms with E-state index in [9.17, 15) is 8.42 Å². The number of aromatic nitrogens is 1. The molecule has 1 aromatic heterocycles. The molecule has 3 nitrogen and oxygen atoms in total. The first-order valence-electron chi connectivity index (χ1n) is 9.24. The summed E-state index contributed by atoms with van der Waals surface area (Å²) in [4.78, 5) is 0.115. The SMILES string of the molecule is Cc1ccc(-c2c(F)cc(-c3ccccc3)n2S(=O)(=O)c2ccc(C)cc2)cc1. The summed E-state index contributed by atoms with van der Waals surface area (Å²) >= 11 is 0. The monoisotopic (exact) mass is 405 g/mol. The van der Waals surface area contributed by atoms with Gasteiger partial charge in [-0.1, -0.05) is 77.9 Å². The van der Waals surface area contributed by atoms with E-state index in [1.807, 2.05) is 32.0 Å². The summed E-state index contributed by atoms with van der Waals surface area (Å²) in [6.45, 7) is 3.82. The Balaban J connectivity index is 2.04. The van der Waals surface area contributed by atoms with Gasteiger partial charge in [-0.3, -0.25) is 0 Å². The fourth-order valence-electron chi connectivity index (χ4n) is 3.31. The number of rotatable bonds is 4. The Hall–Kier alpha value is -3.18. The van der Waals surface area contributed by atoms with E-state index in [-0.39, 0.29) is 10.6 Å². The highest BCUT2D eigenvalue weighted by atomic mass is 32.2. The third kappa shape index (κ3) is 3.49. The van der Waals surface area contributed by atoms with Gasteiger partial charge in [0, 0.05) is 11.6 Å². The molecule has 0 aliphatic rings. The van der Waals surface area contributed by atoms with Crippen molar-refractivity contribution in [2.24, 2.45) is 0 Å². The number of nitrogens with zero attached hydrogens (tertiary/aromatic N) is 1. The van der Waals surface area contributed by atoms with Crippen LogP contribution < -0.4 is 0 Å². The fraction of sp³-hybridized carbons (Fsp3) is 0.0833. The molecule has 0 atom stereocenters. The lowest BCUT2D eigenvalue weighted by molar-refractivity contribution is 0.586. The second-order valence-corrected chi connectivity index (χ2v) is 8.83. The minimum Gasteiger partial charge on any atom is -0.230 e. The Morgan fingerprint density at radius 3 is 1.86 bits per heavy atom. The molecule has 146 valence electrons. The Morgan fingerprint density at radius 1 is 0.724 bits per heavy atom. The van der Waals surface area contributed by atoms with Gasteiger partial charge in [0.15, 0.2) is 5.82 Å². The van der Waals surface area contributed by atoms with Crippen molar-refractivity contribution in [2.75, 3.05) is 0 Å². The van der Waals surface area contributed by atoms with Gasteiger partial charge in [0.1, 0.15) is 5.69 Å². The van der Waals surface area contributed by atoms with E-state index >= 15 is 4.39 Å². The van der Waals surface area contributed by atoms with Gasteiger partial charge in [-0.15, -0.1) is 0 Å². The average Bonchev–Trinajstić information content (AvgIpc) is 3.07. The normalized spacial score (nSPS) is 11.6. The summed E-state index contributed by atoms with van der Waals surface area (Å²) in [7, 11) is -4.03. The van der Waals surface area contributed by atoms with E-state index in [2.05, 4.69) is 0 Å². The summed E-state index contributed by atoms with van der Waals surface area (Å²) in [5.41, 5.74) is 3.41. The molecule has 4 rings (SSSR count). The van der Waals surface area contributed by atoms with Crippen molar-refractivity contribution in [3.8, 4) is 22.5 Å². The van der Waals surface area contributed by atoms with Crippen LogP contribution >= 0.6 is 0 Å². The van der Waals surface area contributed by atoms with Crippen LogP contribution in [0.1, 0.15) is 11.1 Å². The van der Waals surface area contributed by atoms with Gasteiger partial charge in [-0.25, -0.2) is 16.8 Å². The maximum absolute atomic E-state index is 15.2. The Morgan fingerprint density at radius 2 is 1.28 bits per heavy atom. The molecular weight excluding hydrogens is 385 g/mol. The van der Waals surface area contributed by atoms with Crippen LogP contribution in [0.4, 0.5) is 4.39 Å². The number of benzene rings is 3. The largest absolute Gasteiger partial charge is 0.268 e. The van der Waals surface area contributed by atoms with E-state index < -0.39 is 15.8 Å². The van der Waals surface area contributed by atoms with Crippen LogP contribution in [0, 0.1) is 19.7 Å². The van der Waals surface area contributed by atoms with Crippen LogP contribution in [0.15, 0.2) is 89.8 Å². The smallest absolute Gasteiger partial charge is 0.230 e. The Bertz CT molecular complexity index is 1260. The molecule has 0 fully saturated rings. The Labute approximate surface area is 170 Å². The third-order valence-electron chi connectivity index (χ3n) is 4.87. The quantitative estimate of drug-likeness (QED) is 0.429. The zero-order chi connectivity index (χ0) is 20.6. The predicted molar refractivity (Wildman–Crippen MR) is 114 cm³/mol. The predicted octanol–water partition coefficient (Wildman–Crippen LogP) is 5.82. The first kappa shape index (κ1) is 19.2. The van der Waals surface area contributed by atoms with Crippen molar-refractivity contribution in [3.05, 3.63) is 102 Å². The van der Waals surface area contributed by atoms with E-state index in [0.29, 0.717) is 16.8 Å². The van der Waals surface area contributed by atoms with Crippen molar-refractivity contribution >= 4 is 10.0 Å². The molecule has 0 unspecified atom stereocenters. The molecule has 5 heteroatoms. The third-order valence-corrected chi connectivity index (χ3v) is 6.59. The molecular formula is C24H20FNO2S. The number of hydrogen-bond donors (Lipinski definition) is 0. The number of halogens is 1. The Kier molecular flexibility index (Phi) is 4.84. The van der Waals surface area contributed by atoms with Gasteiger partial charge in [-0.2, -0.15) is 0 Å². The lowest BCUT2D eigenvalue weighted by atomic mass is 10.1. The molecule has 3 aromatic carbocycles. The second kappa shape index (κ2) is 7.33. The second-order valence-electron chi connectivity index (χ2n) is 7.04. The van der Waals surface area contributed by atoms with Crippen molar-refractivity contribution in [2.45, 2.75) is 18.7 Å². The minimum atomic E-state index is -4.03. The van der Waals surface area contributed by atoms with Crippen LogP contribution in [-0.2, 0) is 10.0 Å². The highest BCUT2D eigenvalue weighted by molar-refractivity contribution is 7.90. The average molecular weight is 405 g/mol. The highest BCUT2D eigenvalue weighted by Crippen LogP contribution is 2.35. The van der Waals surface area contributed by atoms with Crippen LogP contribution in [0.25, 0.3) is 22.5 Å². The number of hydrogen-bond acceptors (Lipinski definition) is 2. The molecule has 0 spiro atoms. The van der Waals surface area contributed by atoms with E-state index in [1.54, 1.807) is 60.7 Å². The summed E-state index contributed by atoms with van der Waals surface area (Å²) in [5.74, 6) is -0.580. The molecule has 0 aliphatic carbocycles. The van der Waals surface area contributed by atoms with Crippen molar-refractivity contribution in [1.29, 1.82) is 0 Å². The minimum absolute atomic E-state index is 0.0319. The van der Waals surface area contributed by atoms with E-state index in [4.69, 9.17) is 0 Å². The maximum atomic E-state index is 15.2. The fourth-order valence-corrected chi connectivity index (χ4v) is 4.85. The molecule has 0 radical (unpaired) electrons. The maximum Gasteiger partial charge on any atom is 0.268 e. The lowest BCUT2D eigenvalue weighted by Crippen LogP contribution is -2.15. The van der Waals surface area contributed by atoms with Gasteiger partial charge in [0.05, 0.1) is 10.6 Å². The molecule has 4 aromatic rings. The first-order chi connectivity index (χ1) is 13.9. The standard InChI is InChI=1S/C24H20FNO2S/c1-17-8-12-20(13-9-17)24-22(25)16-23(19-6-4-3-5-7-19)26(24)29(27,28)21-14-10-18(2)11-15-21/h3-16H,1-2H3. The topological polar surface area (TPSA) is 39.1 Å². The number of aryl methyl sites for hydroxylation is 2. The van der Waals surface area contributed by atoms with Gasteiger partial charge in [0.2, 0.25) is 0 Å². The van der Waals surface area contributed by atoms with E-state index in [1.165, 1.54) is 6.07 Å². The zero-order valence-corrected chi connectivity index (χ0v) is 16.9. The van der Waals surface area contributed by atoms with Gasteiger partial charge in [0.25, 0.3) is 10.0 Å². The molecule has 29 heavy (non-hydrogen) atoms. The summed E-state index contributed by atoms with van der Waals surface area (Å²) in [6, 6.07) is 24.0. The van der Waals surface area contributed by atoms with Crippen LogP contribution in [0.5, 0.6) is 0 Å². The van der Waals surface area contributed by atoms with Crippen molar-refractivity contribution in [1.82, 2.24) is 3.97 Å². The van der Waals surface area contributed by atoms with Crippen LogP contribution in [-0.4, -0.2) is 12.4 Å². The molecule has 0 N–H and O–H groups in total. The van der Waals surface area contributed by atoms with E-state index in [0.717, 1.165) is 15.1 Å². The molecule has 1 heterocycles. The summed E-state index contributed by atoms with van der Waals surface area (Å²) in [6.07, 6.45) is 0. The first-order valence-corrected chi connectivity index (χ1v) is 10.7. The molecule has 0 amide bonds. The lowest BCUT2D eigenvalue weighted by Gasteiger charge is -2.15. The zero-order valence-electron chi connectivity index (χ0n) is 16.1. The van der Waals surface area contributed by atoms with Gasteiger partial charge >= 0.3 is 0 Å². The van der Waals surface area contributed by atoms with Crippen molar-refractivity contribution < 1.29 is 12.8 Å². The van der Waals surface area contributed by atoms with Gasteiger partial charge in [-0.05, 0) is 31.5 Å². The molecule has 0 bridgehead atoms. The van der Waals surface area contributed by atoms with Crippen LogP contribution in [0.2, 0.25) is 0 Å². The molecule has 0 aliphatic heterocycles. The highest BCUT2D eigenvalue weighted by Gasteiger charge is 2.28. The van der Waals surface area contributed by atoms with Crippen molar-refractivity contribution in [3.63, 3.8) is 0 Å². The summed E-state index contributed by atoms with van der Waals surface area (Å²) < 4.78 is 43.5. The van der Waals surface area contributed by atoms with Gasteiger partial charge < -0.3 is 0 Å². The molecule has 0 saturated heterocycles. The summed E-state index contributed by atoms with van der Waals surface area (Å²) in [5, 5.41) is 0. The van der Waals surface area contributed by atoms with Crippen LogP contribution in [0.3, 0.4) is 0 Å².